The Hall–Kier alpha value is -1.90. The first-order chi connectivity index (χ1) is 8.29. The molecule has 0 amide bonds. The molecule has 5 nitrogen and oxygen atoms in total. The van der Waals surface area contributed by atoms with Gasteiger partial charge in [0.15, 0.2) is 0 Å². The monoisotopic (exact) mass is 278 g/mol. The maximum absolute atomic E-state index is 12.1. The number of hydrogen-bond donors (Lipinski definition) is 0. The molecule has 0 saturated carbocycles. The Labute approximate surface area is 99.4 Å². The van der Waals surface area contributed by atoms with Gasteiger partial charge in [-0.25, -0.2) is 9.97 Å². The van der Waals surface area contributed by atoms with Crippen molar-refractivity contribution in [3.8, 4) is 5.75 Å². The van der Waals surface area contributed by atoms with Crippen molar-refractivity contribution in [2.75, 3.05) is 0 Å². The summed E-state index contributed by atoms with van der Waals surface area (Å²) in [6.07, 6.45) is 2.59. The van der Waals surface area contributed by atoms with Gasteiger partial charge in [-0.05, 0) is 18.2 Å². The van der Waals surface area contributed by atoms with Gasteiger partial charge in [-0.1, -0.05) is 0 Å². The van der Waals surface area contributed by atoms with Gasteiger partial charge in [0, 0.05) is 11.6 Å². The molecule has 0 radical (unpaired) electrons. The molecule has 0 unspecified atom stereocenters. The van der Waals surface area contributed by atoms with E-state index in [1.807, 2.05) is 0 Å². The van der Waals surface area contributed by atoms with Crippen LogP contribution in [-0.4, -0.2) is 23.9 Å². The van der Waals surface area contributed by atoms with Crippen LogP contribution in [0, 0.1) is 0 Å². The van der Waals surface area contributed by atoms with Gasteiger partial charge >= 0.3 is 15.6 Å². The highest BCUT2D eigenvalue weighted by Gasteiger charge is 2.48. The van der Waals surface area contributed by atoms with E-state index in [-0.39, 0.29) is 0 Å². The van der Waals surface area contributed by atoms with Crippen LogP contribution in [0.4, 0.5) is 13.2 Å². The first kappa shape index (κ1) is 12.6. The predicted octanol–water partition coefficient (Wildman–Crippen LogP) is 1.86. The smallest absolute Gasteiger partial charge is 0.376 e. The molecule has 0 atom stereocenters. The molecule has 9 heteroatoms. The number of benzene rings is 1. The molecule has 1 heterocycles. The maximum Gasteiger partial charge on any atom is 0.534 e. The van der Waals surface area contributed by atoms with Crippen molar-refractivity contribution in [3.63, 3.8) is 0 Å². The molecule has 0 N–H and O–H groups in total. The summed E-state index contributed by atoms with van der Waals surface area (Å²) < 4.78 is 61.8. The molecule has 2 rings (SSSR count). The second-order valence-electron chi connectivity index (χ2n) is 3.23. The van der Waals surface area contributed by atoms with Gasteiger partial charge in [0.2, 0.25) is 0 Å². The average molecular weight is 278 g/mol. The molecule has 2 aromatic rings. The van der Waals surface area contributed by atoms with Gasteiger partial charge in [0.1, 0.15) is 12.1 Å². The Morgan fingerprint density at radius 2 is 1.94 bits per heavy atom. The van der Waals surface area contributed by atoms with Crippen LogP contribution in [0.3, 0.4) is 0 Å². The number of hydrogen-bond acceptors (Lipinski definition) is 5. The summed E-state index contributed by atoms with van der Waals surface area (Å²) in [6.45, 7) is 0. The quantitative estimate of drug-likeness (QED) is 0.619. The third-order valence-electron chi connectivity index (χ3n) is 1.97. The van der Waals surface area contributed by atoms with Gasteiger partial charge in [0.25, 0.3) is 0 Å². The van der Waals surface area contributed by atoms with Crippen LogP contribution >= 0.6 is 0 Å². The van der Waals surface area contributed by atoms with E-state index < -0.39 is 21.4 Å². The van der Waals surface area contributed by atoms with Gasteiger partial charge in [0.05, 0.1) is 5.52 Å². The molecule has 0 spiro atoms. The normalized spacial score (nSPS) is 12.6. The lowest BCUT2D eigenvalue weighted by molar-refractivity contribution is -0.0500. The zero-order chi connectivity index (χ0) is 13.4. The van der Waals surface area contributed by atoms with E-state index in [4.69, 9.17) is 0 Å². The predicted molar refractivity (Wildman–Crippen MR) is 55.1 cm³/mol. The second-order valence-corrected chi connectivity index (χ2v) is 4.76. The lowest BCUT2D eigenvalue weighted by atomic mass is 10.2. The molecular weight excluding hydrogens is 273 g/mol. The highest BCUT2D eigenvalue weighted by atomic mass is 32.2. The molecule has 18 heavy (non-hydrogen) atoms. The number of aromatic nitrogens is 2. The summed E-state index contributed by atoms with van der Waals surface area (Å²) in [5.74, 6) is -0.449. The minimum Gasteiger partial charge on any atom is -0.376 e. The van der Waals surface area contributed by atoms with Gasteiger partial charge in [-0.3, -0.25) is 0 Å². The lowest BCUT2D eigenvalue weighted by Gasteiger charge is -2.09. The van der Waals surface area contributed by atoms with E-state index in [9.17, 15) is 21.6 Å². The summed E-state index contributed by atoms with van der Waals surface area (Å²) in [5, 5.41) is 0.368. The molecule has 96 valence electrons. The van der Waals surface area contributed by atoms with Crippen molar-refractivity contribution in [1.82, 2.24) is 9.97 Å². The molecule has 0 saturated heterocycles. The van der Waals surface area contributed by atoms with Crippen molar-refractivity contribution in [2.24, 2.45) is 0 Å². The van der Waals surface area contributed by atoms with E-state index >= 15 is 0 Å². The zero-order valence-electron chi connectivity index (χ0n) is 8.55. The zero-order valence-corrected chi connectivity index (χ0v) is 9.36. The summed E-state index contributed by atoms with van der Waals surface area (Å²) in [5.41, 5.74) is -5.00. The van der Waals surface area contributed by atoms with Crippen LogP contribution in [0.5, 0.6) is 5.75 Å². The first-order valence-corrected chi connectivity index (χ1v) is 5.91. The Bertz CT molecular complexity index is 685. The SMILES string of the molecule is O=S(=O)(Oc1ccc2ncncc2c1)C(F)(F)F. The summed E-state index contributed by atoms with van der Waals surface area (Å²) in [6, 6.07) is 3.52. The summed E-state index contributed by atoms with van der Waals surface area (Å²) in [4.78, 5) is 7.49. The Morgan fingerprint density at radius 1 is 1.22 bits per heavy atom. The second kappa shape index (κ2) is 4.09. The van der Waals surface area contributed by atoms with Crippen LogP contribution in [0.1, 0.15) is 0 Å². The van der Waals surface area contributed by atoms with Crippen LogP contribution in [0.15, 0.2) is 30.7 Å². The van der Waals surface area contributed by atoms with Gasteiger partial charge in [-0.15, -0.1) is 0 Å². The topological polar surface area (TPSA) is 69.2 Å². The molecule has 1 aromatic heterocycles. The van der Waals surface area contributed by atoms with Crippen LogP contribution in [-0.2, 0) is 10.1 Å². The van der Waals surface area contributed by atoms with Gasteiger partial charge < -0.3 is 4.18 Å². The highest BCUT2D eigenvalue weighted by molar-refractivity contribution is 7.88. The third-order valence-corrected chi connectivity index (χ3v) is 2.94. The highest BCUT2D eigenvalue weighted by Crippen LogP contribution is 2.28. The molecular formula is C9H5F3N2O3S. The fraction of sp³-hybridized carbons (Fsp3) is 0.111. The standard InChI is InChI=1S/C9H5F3N2O3S/c10-9(11,12)18(15,16)17-7-1-2-8-6(3-7)4-13-5-14-8/h1-5H. The van der Waals surface area contributed by atoms with Crippen molar-refractivity contribution in [3.05, 3.63) is 30.7 Å². The van der Waals surface area contributed by atoms with E-state index in [1.54, 1.807) is 0 Å². The minimum atomic E-state index is -5.66. The average Bonchev–Trinajstić information content (AvgIpc) is 2.27. The number of fused-ring (bicyclic) bond motifs is 1. The number of nitrogens with zero attached hydrogens (tertiary/aromatic N) is 2. The lowest BCUT2D eigenvalue weighted by Crippen LogP contribution is -2.28. The van der Waals surface area contributed by atoms with Crippen molar-refractivity contribution in [1.29, 1.82) is 0 Å². The van der Waals surface area contributed by atoms with Crippen LogP contribution in [0.2, 0.25) is 0 Å². The largest absolute Gasteiger partial charge is 0.534 e. The Balaban J connectivity index is 2.39. The van der Waals surface area contributed by atoms with Crippen molar-refractivity contribution in [2.45, 2.75) is 5.51 Å². The van der Waals surface area contributed by atoms with Crippen molar-refractivity contribution < 1.29 is 25.8 Å². The fourth-order valence-corrected chi connectivity index (χ4v) is 1.64. The molecule has 0 bridgehead atoms. The maximum atomic E-state index is 12.1. The summed E-state index contributed by atoms with van der Waals surface area (Å²) >= 11 is 0. The van der Waals surface area contributed by atoms with Gasteiger partial charge in [-0.2, -0.15) is 21.6 Å². The van der Waals surface area contributed by atoms with Crippen LogP contribution in [0.25, 0.3) is 10.9 Å². The number of alkyl halides is 3. The number of rotatable bonds is 2. The summed E-state index contributed by atoms with van der Waals surface area (Å²) in [7, 11) is -5.66. The minimum absolute atomic E-state index is 0.368. The fourth-order valence-electron chi connectivity index (χ4n) is 1.19. The third kappa shape index (κ3) is 2.35. The van der Waals surface area contributed by atoms with E-state index in [0.717, 1.165) is 12.1 Å². The molecule has 0 aliphatic carbocycles. The molecule has 0 aliphatic rings. The van der Waals surface area contributed by atoms with Crippen LogP contribution < -0.4 is 4.18 Å². The Morgan fingerprint density at radius 3 is 2.61 bits per heavy atom. The Kier molecular flexibility index (Phi) is 2.85. The molecule has 0 fully saturated rings. The molecule has 0 aliphatic heterocycles. The molecule has 1 aromatic carbocycles. The van der Waals surface area contributed by atoms with E-state index in [0.29, 0.717) is 10.9 Å². The van der Waals surface area contributed by atoms with E-state index in [1.165, 1.54) is 18.6 Å². The van der Waals surface area contributed by atoms with Crippen molar-refractivity contribution >= 4 is 21.0 Å². The number of halogens is 3. The van der Waals surface area contributed by atoms with E-state index in [2.05, 4.69) is 14.2 Å². The first-order valence-electron chi connectivity index (χ1n) is 4.50.